The molecule has 0 bridgehead atoms. The van der Waals surface area contributed by atoms with E-state index in [2.05, 4.69) is 4.90 Å². The minimum Gasteiger partial charge on any atom is -0.496 e. The first-order valence-corrected chi connectivity index (χ1v) is 12.3. The molecule has 2 saturated heterocycles. The number of morpholine rings is 1. The summed E-state index contributed by atoms with van der Waals surface area (Å²) in [7, 11) is 6.22. The van der Waals surface area contributed by atoms with Crippen molar-refractivity contribution in [2.75, 3.05) is 80.9 Å². The molecular formula is C27H35N3O7. The maximum absolute atomic E-state index is 13.3. The Hall–Kier alpha value is -3.50. The number of carbonyl (C=O) groups excluding carboxylic acids is 2. The van der Waals surface area contributed by atoms with Crippen molar-refractivity contribution in [2.45, 2.75) is 6.10 Å². The molecule has 4 rings (SSSR count). The highest BCUT2D eigenvalue weighted by molar-refractivity contribution is 5.99. The Balaban J connectivity index is 1.33. The standard InChI is InChI=1S/C27H35N3O7/c1-33-21-9-8-19(16-24(21)36-4)26(31)30-14-15-37-20(18-30)17-28-10-12-29(13-11-28)27(32)25-22(34-2)6-5-7-23(25)35-3/h5-9,16,20H,10-15,17-18H2,1-4H3. The van der Waals surface area contributed by atoms with Crippen LogP contribution in [-0.4, -0.2) is 113 Å². The molecule has 2 amide bonds. The third-order valence-electron chi connectivity index (χ3n) is 6.82. The Kier molecular flexibility index (Phi) is 8.73. The SMILES string of the molecule is COc1ccc(C(=O)N2CCOC(CN3CCN(C(=O)c4c(OC)cccc4OC)CC3)C2)cc1OC. The average Bonchev–Trinajstić information content (AvgIpc) is 2.96. The lowest BCUT2D eigenvalue weighted by Crippen LogP contribution is -2.54. The molecule has 1 atom stereocenters. The molecule has 37 heavy (non-hydrogen) atoms. The van der Waals surface area contributed by atoms with E-state index in [-0.39, 0.29) is 17.9 Å². The topological polar surface area (TPSA) is 90.0 Å². The van der Waals surface area contributed by atoms with Crippen molar-refractivity contribution in [3.8, 4) is 23.0 Å². The van der Waals surface area contributed by atoms with Gasteiger partial charge < -0.3 is 33.5 Å². The first kappa shape index (κ1) is 26.6. The van der Waals surface area contributed by atoms with Crippen LogP contribution in [0.4, 0.5) is 0 Å². The summed E-state index contributed by atoms with van der Waals surface area (Å²) < 4.78 is 27.4. The molecule has 2 aliphatic rings. The first-order chi connectivity index (χ1) is 18.0. The van der Waals surface area contributed by atoms with Crippen LogP contribution in [0.25, 0.3) is 0 Å². The second kappa shape index (κ2) is 12.2. The summed E-state index contributed by atoms with van der Waals surface area (Å²) in [5.41, 5.74) is 0.998. The summed E-state index contributed by atoms with van der Waals surface area (Å²) in [5.74, 6) is 1.95. The van der Waals surface area contributed by atoms with Gasteiger partial charge in [0.15, 0.2) is 11.5 Å². The lowest BCUT2D eigenvalue weighted by molar-refractivity contribution is -0.0400. The van der Waals surface area contributed by atoms with E-state index in [4.69, 9.17) is 23.7 Å². The van der Waals surface area contributed by atoms with E-state index in [1.165, 1.54) is 0 Å². The maximum atomic E-state index is 13.3. The summed E-state index contributed by atoms with van der Waals surface area (Å²) in [6.07, 6.45) is -0.102. The Morgan fingerprint density at radius 3 is 2.05 bits per heavy atom. The summed E-state index contributed by atoms with van der Waals surface area (Å²) in [4.78, 5) is 32.3. The summed E-state index contributed by atoms with van der Waals surface area (Å²) in [5, 5.41) is 0. The van der Waals surface area contributed by atoms with Crippen LogP contribution in [0.5, 0.6) is 23.0 Å². The van der Waals surface area contributed by atoms with Crippen LogP contribution in [0.2, 0.25) is 0 Å². The van der Waals surface area contributed by atoms with Crippen molar-refractivity contribution in [3.63, 3.8) is 0 Å². The molecule has 2 aliphatic heterocycles. The highest BCUT2D eigenvalue weighted by Gasteiger charge is 2.30. The maximum Gasteiger partial charge on any atom is 0.261 e. The van der Waals surface area contributed by atoms with Crippen LogP contribution in [0.3, 0.4) is 0 Å². The lowest BCUT2D eigenvalue weighted by atomic mass is 10.1. The zero-order valence-electron chi connectivity index (χ0n) is 21.9. The normalized spacial score (nSPS) is 18.3. The quantitative estimate of drug-likeness (QED) is 0.530. The van der Waals surface area contributed by atoms with Gasteiger partial charge in [-0.25, -0.2) is 0 Å². The Bertz CT molecular complexity index is 1080. The van der Waals surface area contributed by atoms with E-state index in [1.807, 2.05) is 9.80 Å². The number of hydrogen-bond donors (Lipinski definition) is 0. The van der Waals surface area contributed by atoms with Gasteiger partial charge in [0, 0.05) is 51.4 Å². The molecule has 1 unspecified atom stereocenters. The van der Waals surface area contributed by atoms with Gasteiger partial charge >= 0.3 is 0 Å². The molecule has 0 saturated carbocycles. The van der Waals surface area contributed by atoms with E-state index in [1.54, 1.807) is 64.8 Å². The smallest absolute Gasteiger partial charge is 0.261 e. The second-order valence-electron chi connectivity index (χ2n) is 8.94. The predicted molar refractivity (Wildman–Crippen MR) is 137 cm³/mol. The summed E-state index contributed by atoms with van der Waals surface area (Å²) >= 11 is 0. The monoisotopic (exact) mass is 513 g/mol. The minimum absolute atomic E-state index is 0.0598. The molecule has 200 valence electrons. The number of carbonyl (C=O) groups is 2. The van der Waals surface area contributed by atoms with E-state index >= 15 is 0 Å². The molecule has 0 aliphatic carbocycles. The van der Waals surface area contributed by atoms with Gasteiger partial charge in [-0.2, -0.15) is 0 Å². The zero-order chi connectivity index (χ0) is 26.4. The van der Waals surface area contributed by atoms with E-state index < -0.39 is 0 Å². The Labute approximate surface area is 217 Å². The molecule has 2 fully saturated rings. The molecule has 0 N–H and O–H groups in total. The highest BCUT2D eigenvalue weighted by atomic mass is 16.5. The van der Waals surface area contributed by atoms with Crippen molar-refractivity contribution >= 4 is 11.8 Å². The van der Waals surface area contributed by atoms with Gasteiger partial charge in [-0.3, -0.25) is 14.5 Å². The third kappa shape index (κ3) is 5.91. The van der Waals surface area contributed by atoms with Crippen LogP contribution in [0.1, 0.15) is 20.7 Å². The van der Waals surface area contributed by atoms with Gasteiger partial charge in [0.25, 0.3) is 11.8 Å². The Morgan fingerprint density at radius 1 is 0.784 bits per heavy atom. The van der Waals surface area contributed by atoms with Crippen LogP contribution >= 0.6 is 0 Å². The van der Waals surface area contributed by atoms with E-state index in [0.717, 1.165) is 0 Å². The van der Waals surface area contributed by atoms with Gasteiger partial charge in [-0.1, -0.05) is 6.07 Å². The number of nitrogens with zero attached hydrogens (tertiary/aromatic N) is 3. The van der Waals surface area contributed by atoms with Gasteiger partial charge in [0.05, 0.1) is 41.2 Å². The van der Waals surface area contributed by atoms with Gasteiger partial charge in [-0.15, -0.1) is 0 Å². The van der Waals surface area contributed by atoms with E-state index in [0.29, 0.717) is 86.5 Å². The molecule has 2 heterocycles. The molecule has 0 spiro atoms. The minimum atomic E-state index is -0.102. The van der Waals surface area contributed by atoms with Crippen LogP contribution in [0, 0.1) is 0 Å². The largest absolute Gasteiger partial charge is 0.496 e. The molecule has 2 aromatic rings. The number of piperazine rings is 1. The fourth-order valence-electron chi connectivity index (χ4n) is 4.81. The number of benzene rings is 2. The highest BCUT2D eigenvalue weighted by Crippen LogP contribution is 2.30. The fourth-order valence-corrected chi connectivity index (χ4v) is 4.81. The average molecular weight is 514 g/mol. The van der Waals surface area contributed by atoms with Crippen molar-refractivity contribution in [3.05, 3.63) is 47.5 Å². The first-order valence-electron chi connectivity index (χ1n) is 12.3. The van der Waals surface area contributed by atoms with Crippen molar-refractivity contribution < 1.29 is 33.3 Å². The molecule has 10 nitrogen and oxygen atoms in total. The fraction of sp³-hybridized carbons (Fsp3) is 0.481. The molecule has 0 radical (unpaired) electrons. The van der Waals surface area contributed by atoms with Crippen molar-refractivity contribution in [2.24, 2.45) is 0 Å². The van der Waals surface area contributed by atoms with Crippen molar-refractivity contribution in [1.29, 1.82) is 0 Å². The van der Waals surface area contributed by atoms with Gasteiger partial charge in [0.2, 0.25) is 0 Å². The van der Waals surface area contributed by atoms with Crippen molar-refractivity contribution in [1.82, 2.24) is 14.7 Å². The third-order valence-corrected chi connectivity index (χ3v) is 6.82. The van der Waals surface area contributed by atoms with Gasteiger partial charge in [-0.05, 0) is 30.3 Å². The number of hydrogen-bond acceptors (Lipinski definition) is 8. The summed E-state index contributed by atoms with van der Waals surface area (Å²) in [6, 6.07) is 10.5. The van der Waals surface area contributed by atoms with E-state index in [9.17, 15) is 9.59 Å². The second-order valence-corrected chi connectivity index (χ2v) is 8.94. The van der Waals surface area contributed by atoms with Gasteiger partial charge in [0.1, 0.15) is 17.1 Å². The summed E-state index contributed by atoms with van der Waals surface area (Å²) in [6.45, 7) is 4.81. The molecule has 2 aromatic carbocycles. The van der Waals surface area contributed by atoms with Crippen LogP contribution in [-0.2, 0) is 4.74 Å². The number of ether oxygens (including phenoxy) is 5. The number of amides is 2. The predicted octanol–water partition coefficient (Wildman–Crippen LogP) is 2.02. The molecular weight excluding hydrogens is 478 g/mol. The number of methoxy groups -OCH3 is 4. The molecule has 0 aromatic heterocycles. The molecule has 10 heteroatoms. The Morgan fingerprint density at radius 2 is 1.43 bits per heavy atom. The zero-order valence-corrected chi connectivity index (χ0v) is 21.9. The van der Waals surface area contributed by atoms with Crippen LogP contribution < -0.4 is 18.9 Å². The number of rotatable bonds is 8. The lowest BCUT2D eigenvalue weighted by Gasteiger charge is -2.39. The van der Waals surface area contributed by atoms with Crippen LogP contribution in [0.15, 0.2) is 36.4 Å².